The molecular formula is C10H15O6S-. The van der Waals surface area contributed by atoms with Gasteiger partial charge in [0.15, 0.2) is 0 Å². The van der Waals surface area contributed by atoms with E-state index in [0.717, 1.165) is 6.08 Å². The molecule has 0 amide bonds. The van der Waals surface area contributed by atoms with Crippen LogP contribution in [-0.2, 0) is 29.9 Å². The maximum atomic E-state index is 10.9. The second-order valence-corrected chi connectivity index (χ2v) is 4.10. The Hall–Kier alpha value is -1.21. The van der Waals surface area contributed by atoms with Crippen molar-refractivity contribution < 1.29 is 27.3 Å². The van der Waals surface area contributed by atoms with Crippen LogP contribution >= 0.6 is 0 Å². The Labute approximate surface area is 102 Å². The largest absolute Gasteiger partial charge is 0.740 e. The lowest BCUT2D eigenvalue weighted by Crippen LogP contribution is -2.22. The third kappa shape index (κ3) is 7.64. The third-order valence-electron chi connectivity index (χ3n) is 2.23. The summed E-state index contributed by atoms with van der Waals surface area (Å²) in [6.07, 6.45) is 0.983. The average Bonchev–Trinajstić information content (AvgIpc) is 2.24. The van der Waals surface area contributed by atoms with E-state index in [1.165, 1.54) is 0 Å². The topological polar surface area (TPSA) is 92.7 Å². The van der Waals surface area contributed by atoms with Gasteiger partial charge < -0.3 is 13.5 Å². The van der Waals surface area contributed by atoms with E-state index in [9.17, 15) is 18.4 Å². The number of rotatable bonds is 7. The van der Waals surface area contributed by atoms with Crippen LogP contribution in [0.5, 0.6) is 0 Å². The predicted molar refractivity (Wildman–Crippen MR) is 59.2 cm³/mol. The van der Waals surface area contributed by atoms with Gasteiger partial charge in [-0.25, -0.2) is 9.00 Å². The van der Waals surface area contributed by atoms with Crippen LogP contribution in [0.15, 0.2) is 12.7 Å². The van der Waals surface area contributed by atoms with E-state index in [1.807, 2.05) is 0 Å². The molecule has 0 fully saturated rings. The lowest BCUT2D eigenvalue weighted by atomic mass is 10.0. The molecule has 3 atom stereocenters. The zero-order valence-electron chi connectivity index (χ0n) is 9.71. The van der Waals surface area contributed by atoms with Crippen LogP contribution in [0.2, 0.25) is 0 Å². The van der Waals surface area contributed by atoms with Crippen molar-refractivity contribution in [1.82, 2.24) is 0 Å². The van der Waals surface area contributed by atoms with Gasteiger partial charge in [-0.15, -0.1) is 0 Å². The zero-order chi connectivity index (χ0) is 13.4. The summed E-state index contributed by atoms with van der Waals surface area (Å²) < 4.78 is 29.0. The molecule has 0 aromatic heterocycles. The first-order chi connectivity index (χ1) is 7.86. The summed E-state index contributed by atoms with van der Waals surface area (Å²) in [4.78, 5) is 21.8. The third-order valence-corrected chi connectivity index (χ3v) is 2.56. The Bertz CT molecular complexity index is 314. The lowest BCUT2D eigenvalue weighted by Gasteiger charge is -2.19. The van der Waals surface area contributed by atoms with Crippen molar-refractivity contribution in [2.24, 2.45) is 5.92 Å². The predicted octanol–water partition coefficient (Wildman–Crippen LogP) is 0.858. The molecule has 3 unspecified atom stereocenters. The molecule has 0 radical (unpaired) electrons. The standard InChI is InChI=1S/C10H16O6S/c1-4-9(11)15-8(3)7(2)5-6-10(12)16-17(13)14/h4,7-8H,1,5-6H2,2-3H3,(H,13,14)/p-1. The molecule has 0 bridgehead atoms. The summed E-state index contributed by atoms with van der Waals surface area (Å²) in [5, 5.41) is 0. The van der Waals surface area contributed by atoms with Crippen LogP contribution in [0.1, 0.15) is 26.7 Å². The van der Waals surface area contributed by atoms with E-state index < -0.39 is 23.3 Å². The molecule has 6 nitrogen and oxygen atoms in total. The normalized spacial score (nSPS) is 15.5. The molecule has 0 saturated carbocycles. The van der Waals surface area contributed by atoms with Gasteiger partial charge in [-0.1, -0.05) is 13.5 Å². The van der Waals surface area contributed by atoms with Gasteiger partial charge in [-0.2, -0.15) is 0 Å². The van der Waals surface area contributed by atoms with Crippen LogP contribution in [0.4, 0.5) is 0 Å². The molecule has 98 valence electrons. The summed E-state index contributed by atoms with van der Waals surface area (Å²) in [5.41, 5.74) is 0. The Morgan fingerprint density at radius 3 is 2.53 bits per heavy atom. The molecule has 0 aliphatic carbocycles. The Balaban J connectivity index is 3.96. The molecule has 0 aromatic carbocycles. The van der Waals surface area contributed by atoms with Crippen LogP contribution < -0.4 is 0 Å². The quantitative estimate of drug-likeness (QED) is 0.384. The van der Waals surface area contributed by atoms with Gasteiger partial charge in [0, 0.05) is 12.5 Å². The van der Waals surface area contributed by atoms with E-state index in [4.69, 9.17) is 4.74 Å². The molecule has 0 heterocycles. The molecule has 0 aliphatic rings. The molecule has 7 heteroatoms. The maximum absolute atomic E-state index is 10.9. The second-order valence-electron chi connectivity index (χ2n) is 3.52. The van der Waals surface area contributed by atoms with Crippen molar-refractivity contribution in [2.75, 3.05) is 0 Å². The van der Waals surface area contributed by atoms with Gasteiger partial charge in [0.05, 0.1) is 0 Å². The van der Waals surface area contributed by atoms with Gasteiger partial charge in [-0.3, -0.25) is 4.79 Å². The number of carbonyl (C=O) groups is 2. The van der Waals surface area contributed by atoms with Crippen LogP contribution in [-0.4, -0.2) is 26.8 Å². The summed E-state index contributed by atoms with van der Waals surface area (Å²) in [7, 11) is 0. The molecule has 0 aromatic rings. The Morgan fingerprint density at radius 1 is 1.47 bits per heavy atom. The van der Waals surface area contributed by atoms with Gasteiger partial charge in [0.2, 0.25) is 0 Å². The minimum Gasteiger partial charge on any atom is -0.740 e. The fraction of sp³-hybridized carbons (Fsp3) is 0.600. The first-order valence-electron chi connectivity index (χ1n) is 5.00. The molecular weight excluding hydrogens is 248 g/mol. The molecule has 0 aliphatic heterocycles. The Kier molecular flexibility index (Phi) is 7.40. The highest BCUT2D eigenvalue weighted by molar-refractivity contribution is 7.74. The summed E-state index contributed by atoms with van der Waals surface area (Å²) in [6.45, 7) is 6.73. The highest BCUT2D eigenvalue weighted by Crippen LogP contribution is 2.14. The number of ether oxygens (including phenoxy) is 1. The monoisotopic (exact) mass is 263 g/mol. The van der Waals surface area contributed by atoms with Crippen molar-refractivity contribution in [3.63, 3.8) is 0 Å². The fourth-order valence-corrected chi connectivity index (χ4v) is 1.28. The van der Waals surface area contributed by atoms with Crippen molar-refractivity contribution in [3.8, 4) is 0 Å². The van der Waals surface area contributed by atoms with Gasteiger partial charge in [0.25, 0.3) is 0 Å². The van der Waals surface area contributed by atoms with E-state index in [0.29, 0.717) is 6.42 Å². The minimum absolute atomic E-state index is 0.0505. The van der Waals surface area contributed by atoms with Crippen molar-refractivity contribution >= 4 is 23.3 Å². The second kappa shape index (κ2) is 7.97. The van der Waals surface area contributed by atoms with Crippen LogP contribution in [0.25, 0.3) is 0 Å². The van der Waals surface area contributed by atoms with E-state index in [-0.39, 0.29) is 18.4 Å². The van der Waals surface area contributed by atoms with Crippen molar-refractivity contribution in [1.29, 1.82) is 0 Å². The zero-order valence-corrected chi connectivity index (χ0v) is 10.5. The van der Waals surface area contributed by atoms with Gasteiger partial charge >= 0.3 is 11.9 Å². The summed E-state index contributed by atoms with van der Waals surface area (Å²) in [5.74, 6) is -1.45. The van der Waals surface area contributed by atoms with Crippen LogP contribution in [0.3, 0.4) is 0 Å². The lowest BCUT2D eigenvalue weighted by molar-refractivity contribution is -0.144. The molecule has 0 spiro atoms. The number of hydrogen-bond acceptors (Lipinski definition) is 6. The maximum Gasteiger partial charge on any atom is 0.330 e. The SMILES string of the molecule is C=CC(=O)OC(C)C(C)CCC(=O)OS(=O)[O-]. The first kappa shape index (κ1) is 15.8. The van der Waals surface area contributed by atoms with Crippen molar-refractivity contribution in [2.45, 2.75) is 32.8 Å². The number of carbonyl (C=O) groups excluding carboxylic acids is 2. The highest BCUT2D eigenvalue weighted by atomic mass is 32.2. The first-order valence-corrected chi connectivity index (χ1v) is 6.00. The van der Waals surface area contributed by atoms with Crippen LogP contribution in [0, 0.1) is 5.92 Å². The number of esters is 1. The summed E-state index contributed by atoms with van der Waals surface area (Å²) >= 11 is -2.83. The Morgan fingerprint density at radius 2 is 2.06 bits per heavy atom. The minimum atomic E-state index is -2.83. The average molecular weight is 263 g/mol. The molecule has 0 N–H and O–H groups in total. The highest BCUT2D eigenvalue weighted by Gasteiger charge is 2.17. The van der Waals surface area contributed by atoms with Gasteiger partial charge in [0.1, 0.15) is 17.5 Å². The summed E-state index contributed by atoms with van der Waals surface area (Å²) in [6, 6.07) is 0. The van der Waals surface area contributed by atoms with E-state index >= 15 is 0 Å². The smallest absolute Gasteiger partial charge is 0.330 e. The van der Waals surface area contributed by atoms with E-state index in [1.54, 1.807) is 13.8 Å². The molecule has 17 heavy (non-hydrogen) atoms. The van der Waals surface area contributed by atoms with Gasteiger partial charge in [-0.05, 0) is 19.3 Å². The number of hydrogen-bond donors (Lipinski definition) is 0. The fourth-order valence-electron chi connectivity index (χ4n) is 1.05. The van der Waals surface area contributed by atoms with Crippen molar-refractivity contribution in [3.05, 3.63) is 12.7 Å². The molecule has 0 saturated heterocycles. The molecule has 0 rings (SSSR count). The van der Waals surface area contributed by atoms with E-state index in [2.05, 4.69) is 10.8 Å².